The number of nitrogens with one attached hydrogen (secondary N) is 2. The molecule has 6 heteroatoms. The van der Waals surface area contributed by atoms with Crippen LogP contribution < -0.4 is 16.5 Å². The molecule has 0 bridgehead atoms. The highest BCUT2D eigenvalue weighted by Crippen LogP contribution is 2.21. The molecule has 0 saturated carbocycles. The normalized spacial score (nSPS) is 10.7. The Morgan fingerprint density at radius 1 is 1.05 bits per heavy atom. The minimum absolute atomic E-state index is 0.299. The number of aryl methyl sites for hydroxylation is 3. The van der Waals surface area contributed by atoms with Gasteiger partial charge in [-0.05, 0) is 24.0 Å². The van der Waals surface area contributed by atoms with E-state index in [4.69, 9.17) is 0 Å². The molecule has 22 heavy (non-hydrogen) atoms. The summed E-state index contributed by atoms with van der Waals surface area (Å²) >= 11 is 0. The predicted molar refractivity (Wildman–Crippen MR) is 88.4 cm³/mol. The lowest BCUT2D eigenvalue weighted by Gasteiger charge is -2.18. The molecule has 0 aliphatic rings. The van der Waals surface area contributed by atoms with Crippen molar-refractivity contribution in [3.05, 3.63) is 45.6 Å². The minimum atomic E-state index is -0.305. The largest absolute Gasteiger partial charge is 0.356 e. The van der Waals surface area contributed by atoms with Crippen LogP contribution in [0.4, 0.5) is 5.95 Å². The minimum Gasteiger partial charge on any atom is -0.290 e. The third kappa shape index (κ3) is 3.01. The summed E-state index contributed by atoms with van der Waals surface area (Å²) in [5.41, 5.74) is 8.41. The maximum atomic E-state index is 12.6. The van der Waals surface area contributed by atoms with Crippen molar-refractivity contribution in [1.29, 1.82) is 0 Å². The second-order valence-electron chi connectivity index (χ2n) is 4.94. The van der Waals surface area contributed by atoms with Crippen LogP contribution in [-0.2, 0) is 19.3 Å². The van der Waals surface area contributed by atoms with Gasteiger partial charge in [-0.3, -0.25) is 5.43 Å². The van der Waals surface area contributed by atoms with Crippen molar-refractivity contribution in [2.24, 2.45) is 0 Å². The molecule has 6 nitrogen and oxygen atoms in total. The van der Waals surface area contributed by atoms with Gasteiger partial charge in [0.1, 0.15) is 5.82 Å². The Morgan fingerprint density at radius 2 is 1.68 bits per heavy atom. The number of anilines is 1. The van der Waals surface area contributed by atoms with E-state index in [1.807, 2.05) is 13.0 Å². The summed E-state index contributed by atoms with van der Waals surface area (Å²) in [7, 11) is 1.71. The topological polar surface area (TPSA) is 71.8 Å². The standard InChI is InChI=1S/C16H23N5O/c1-5-11-9-8-10-12(6-2)14(11)21-13(7-3)18-15(20-17-4)19-16(21)22/h8-10,17H,5-7H2,1-4H3,(H,19,20,22). The average Bonchev–Trinajstić information content (AvgIpc) is 2.54. The molecular formula is C16H23N5O. The molecule has 2 rings (SSSR count). The Bertz CT molecular complexity index is 686. The molecule has 1 aromatic carbocycles. The second-order valence-corrected chi connectivity index (χ2v) is 4.94. The van der Waals surface area contributed by atoms with E-state index in [2.05, 4.69) is 46.8 Å². The fourth-order valence-electron chi connectivity index (χ4n) is 2.58. The van der Waals surface area contributed by atoms with Crippen LogP contribution in [0.25, 0.3) is 5.69 Å². The van der Waals surface area contributed by atoms with Gasteiger partial charge in [-0.15, -0.1) is 0 Å². The van der Waals surface area contributed by atoms with Gasteiger partial charge < -0.3 is 0 Å². The van der Waals surface area contributed by atoms with Crippen LogP contribution in [0.2, 0.25) is 0 Å². The Morgan fingerprint density at radius 3 is 2.18 bits per heavy atom. The van der Waals surface area contributed by atoms with Crippen molar-refractivity contribution in [2.45, 2.75) is 40.0 Å². The van der Waals surface area contributed by atoms with Gasteiger partial charge in [0.25, 0.3) is 0 Å². The smallest absolute Gasteiger partial charge is 0.290 e. The van der Waals surface area contributed by atoms with Crippen LogP contribution in [0.15, 0.2) is 23.0 Å². The summed E-state index contributed by atoms with van der Waals surface area (Å²) in [4.78, 5) is 21.0. The van der Waals surface area contributed by atoms with Gasteiger partial charge >= 0.3 is 5.69 Å². The third-order valence-electron chi connectivity index (χ3n) is 3.63. The van der Waals surface area contributed by atoms with E-state index in [0.29, 0.717) is 18.2 Å². The number of hydrazine groups is 1. The number of para-hydroxylation sites is 1. The van der Waals surface area contributed by atoms with Crippen molar-refractivity contribution in [2.75, 3.05) is 12.5 Å². The Balaban J connectivity index is 2.75. The first-order valence-electron chi connectivity index (χ1n) is 7.70. The SMILES string of the molecule is CCc1cccc(CC)c1-n1c(CC)nc(NNC)nc1=O. The number of hydrogen-bond donors (Lipinski definition) is 2. The van der Waals surface area contributed by atoms with Crippen molar-refractivity contribution < 1.29 is 0 Å². The van der Waals surface area contributed by atoms with Crippen molar-refractivity contribution in [3.63, 3.8) is 0 Å². The zero-order valence-electron chi connectivity index (χ0n) is 13.6. The molecule has 0 amide bonds. The van der Waals surface area contributed by atoms with Crippen LogP contribution in [0.1, 0.15) is 37.7 Å². The van der Waals surface area contributed by atoms with Gasteiger partial charge in [0.15, 0.2) is 0 Å². The van der Waals surface area contributed by atoms with Gasteiger partial charge in [-0.2, -0.15) is 9.97 Å². The lowest BCUT2D eigenvalue weighted by atomic mass is 10.0. The molecule has 0 saturated heterocycles. The van der Waals surface area contributed by atoms with E-state index in [1.165, 1.54) is 0 Å². The Kier molecular flexibility index (Phi) is 5.27. The maximum Gasteiger partial charge on any atom is 0.356 e. The highest BCUT2D eigenvalue weighted by molar-refractivity contribution is 5.49. The lowest BCUT2D eigenvalue weighted by Crippen LogP contribution is -2.31. The van der Waals surface area contributed by atoms with E-state index in [-0.39, 0.29) is 5.69 Å². The van der Waals surface area contributed by atoms with E-state index in [9.17, 15) is 4.79 Å². The summed E-state index contributed by atoms with van der Waals surface area (Å²) in [6, 6.07) is 6.15. The van der Waals surface area contributed by atoms with Crippen LogP contribution in [-0.4, -0.2) is 21.6 Å². The molecule has 0 atom stereocenters. The Labute approximate surface area is 130 Å². The zero-order valence-corrected chi connectivity index (χ0v) is 13.6. The Hall–Kier alpha value is -2.21. The summed E-state index contributed by atoms with van der Waals surface area (Å²) in [5.74, 6) is 1.00. The highest BCUT2D eigenvalue weighted by Gasteiger charge is 2.16. The van der Waals surface area contributed by atoms with Gasteiger partial charge in [0.05, 0.1) is 5.69 Å². The summed E-state index contributed by atoms with van der Waals surface area (Å²) < 4.78 is 1.65. The van der Waals surface area contributed by atoms with Gasteiger partial charge in [0, 0.05) is 13.5 Å². The van der Waals surface area contributed by atoms with Crippen molar-refractivity contribution in [1.82, 2.24) is 20.0 Å². The molecule has 0 spiro atoms. The van der Waals surface area contributed by atoms with Gasteiger partial charge in [-0.1, -0.05) is 39.0 Å². The lowest BCUT2D eigenvalue weighted by molar-refractivity contribution is 0.749. The number of nitrogens with zero attached hydrogens (tertiary/aromatic N) is 3. The number of aromatic nitrogens is 3. The zero-order chi connectivity index (χ0) is 16.1. The molecule has 0 aliphatic heterocycles. The molecule has 0 fully saturated rings. The summed E-state index contributed by atoms with van der Waals surface area (Å²) in [6.45, 7) is 6.17. The average molecular weight is 301 g/mol. The molecule has 2 aromatic rings. The molecular weight excluding hydrogens is 278 g/mol. The fraction of sp³-hybridized carbons (Fsp3) is 0.438. The van der Waals surface area contributed by atoms with Crippen LogP contribution >= 0.6 is 0 Å². The molecule has 1 heterocycles. The van der Waals surface area contributed by atoms with Crippen molar-refractivity contribution in [3.8, 4) is 5.69 Å². The van der Waals surface area contributed by atoms with E-state index in [1.54, 1.807) is 11.6 Å². The molecule has 1 aromatic heterocycles. The van der Waals surface area contributed by atoms with Crippen molar-refractivity contribution >= 4 is 5.95 Å². The summed E-state index contributed by atoms with van der Waals surface area (Å²) in [5, 5.41) is 0. The molecule has 2 N–H and O–H groups in total. The van der Waals surface area contributed by atoms with Crippen LogP contribution in [0.5, 0.6) is 0 Å². The van der Waals surface area contributed by atoms with E-state index in [0.717, 1.165) is 29.7 Å². The van der Waals surface area contributed by atoms with Gasteiger partial charge in [0.2, 0.25) is 5.95 Å². The quantitative estimate of drug-likeness (QED) is 0.797. The predicted octanol–water partition coefficient (Wildman–Crippen LogP) is 1.86. The second kappa shape index (κ2) is 7.17. The monoisotopic (exact) mass is 301 g/mol. The summed E-state index contributed by atoms with van der Waals surface area (Å²) in [6.07, 6.45) is 2.36. The highest BCUT2D eigenvalue weighted by atomic mass is 16.1. The first kappa shape index (κ1) is 16.2. The first-order valence-corrected chi connectivity index (χ1v) is 7.70. The fourth-order valence-corrected chi connectivity index (χ4v) is 2.58. The molecule has 0 radical (unpaired) electrons. The number of rotatable bonds is 6. The van der Waals surface area contributed by atoms with Gasteiger partial charge in [-0.25, -0.2) is 14.8 Å². The number of hydrogen-bond acceptors (Lipinski definition) is 5. The third-order valence-corrected chi connectivity index (χ3v) is 3.63. The molecule has 118 valence electrons. The number of benzene rings is 1. The van der Waals surface area contributed by atoms with E-state index < -0.39 is 0 Å². The van der Waals surface area contributed by atoms with Crippen LogP contribution in [0.3, 0.4) is 0 Å². The first-order chi connectivity index (χ1) is 10.7. The maximum absolute atomic E-state index is 12.6. The van der Waals surface area contributed by atoms with E-state index >= 15 is 0 Å². The van der Waals surface area contributed by atoms with Crippen LogP contribution in [0, 0.1) is 0 Å². The molecule has 0 unspecified atom stereocenters. The molecule has 0 aliphatic carbocycles.